The van der Waals surface area contributed by atoms with Crippen molar-refractivity contribution in [2.75, 3.05) is 6.26 Å². The molecule has 2 heterocycles. The molecule has 0 N–H and O–H groups in total. The number of rotatable bonds is 4. The van der Waals surface area contributed by atoms with Crippen molar-refractivity contribution in [2.24, 2.45) is 0 Å². The Kier molecular flexibility index (Phi) is 3.67. The Hall–Kier alpha value is -1.74. The predicted molar refractivity (Wildman–Crippen MR) is 94.5 cm³/mol. The lowest BCUT2D eigenvalue weighted by Gasteiger charge is -2.24. The summed E-state index contributed by atoms with van der Waals surface area (Å²) in [5.74, 6) is 1.24. The van der Waals surface area contributed by atoms with E-state index in [1.807, 2.05) is 11.8 Å². The summed E-state index contributed by atoms with van der Waals surface area (Å²) >= 11 is 1.96. The third-order valence-electron chi connectivity index (χ3n) is 4.60. The van der Waals surface area contributed by atoms with Crippen LogP contribution in [0.1, 0.15) is 28.6 Å². The summed E-state index contributed by atoms with van der Waals surface area (Å²) < 4.78 is 2.46. The number of hydrogen-bond donors (Lipinski definition) is 0. The molecule has 1 aliphatic heterocycles. The second-order valence-electron chi connectivity index (χ2n) is 5.89. The van der Waals surface area contributed by atoms with Crippen LogP contribution in [0, 0.1) is 0 Å². The molecule has 0 fully saturated rings. The number of aryl methyl sites for hydroxylation is 3. The van der Waals surface area contributed by atoms with Gasteiger partial charge in [-0.3, -0.25) is 0 Å². The van der Waals surface area contributed by atoms with Crippen molar-refractivity contribution in [3.63, 3.8) is 0 Å². The van der Waals surface area contributed by atoms with Gasteiger partial charge in [0.25, 0.3) is 0 Å². The maximum atomic E-state index is 4.92. The summed E-state index contributed by atoms with van der Waals surface area (Å²) in [4.78, 5) is 4.92. The van der Waals surface area contributed by atoms with Crippen molar-refractivity contribution in [1.82, 2.24) is 9.55 Å². The molecular weight excluding hydrogens is 288 g/mol. The summed E-state index contributed by atoms with van der Waals surface area (Å²) in [6.07, 6.45) is 5.50. The maximum Gasteiger partial charge on any atom is 0.110 e. The highest BCUT2D eigenvalue weighted by molar-refractivity contribution is 7.98. The second-order valence-corrected chi connectivity index (χ2v) is 6.93. The summed E-state index contributed by atoms with van der Waals surface area (Å²) in [5, 5.41) is 0.620. The number of para-hydroxylation sites is 1. The molecule has 1 atom stereocenters. The Labute approximate surface area is 135 Å². The van der Waals surface area contributed by atoms with E-state index in [2.05, 4.69) is 59.4 Å². The van der Waals surface area contributed by atoms with Gasteiger partial charge in [-0.2, -0.15) is 11.8 Å². The molecule has 112 valence electrons. The molecular formula is C19H20N2S. The summed E-state index contributed by atoms with van der Waals surface area (Å²) in [5.41, 5.74) is 5.39. The van der Waals surface area contributed by atoms with Gasteiger partial charge in [-0.15, -0.1) is 0 Å². The van der Waals surface area contributed by atoms with E-state index in [0.717, 1.165) is 19.4 Å². The number of benzene rings is 2. The lowest BCUT2D eigenvalue weighted by atomic mass is 10.0. The zero-order valence-electron chi connectivity index (χ0n) is 12.8. The Balaban J connectivity index is 1.70. The van der Waals surface area contributed by atoms with Crippen molar-refractivity contribution in [1.29, 1.82) is 0 Å². The average Bonchev–Trinajstić information content (AvgIpc) is 2.94. The third kappa shape index (κ3) is 2.34. The minimum atomic E-state index is 0.620. The molecule has 4 rings (SSSR count). The van der Waals surface area contributed by atoms with E-state index in [4.69, 9.17) is 4.98 Å². The molecule has 0 amide bonds. The van der Waals surface area contributed by atoms with Gasteiger partial charge in [0.2, 0.25) is 0 Å². The zero-order valence-corrected chi connectivity index (χ0v) is 13.6. The van der Waals surface area contributed by atoms with Crippen molar-refractivity contribution in [3.8, 4) is 0 Å². The summed E-state index contributed by atoms with van der Waals surface area (Å²) in [6, 6.07) is 17.3. The van der Waals surface area contributed by atoms with Crippen LogP contribution >= 0.6 is 11.8 Å². The molecule has 1 aromatic heterocycles. The summed E-state index contributed by atoms with van der Waals surface area (Å²) in [7, 11) is 0. The van der Waals surface area contributed by atoms with Crippen LogP contribution in [0.4, 0.5) is 0 Å². The Morgan fingerprint density at radius 1 is 1.09 bits per heavy atom. The fourth-order valence-corrected chi connectivity index (χ4v) is 4.29. The van der Waals surface area contributed by atoms with Crippen LogP contribution in [0.5, 0.6) is 0 Å². The smallest absolute Gasteiger partial charge is 0.110 e. The van der Waals surface area contributed by atoms with Crippen LogP contribution in [-0.2, 0) is 19.4 Å². The van der Waals surface area contributed by atoms with E-state index in [9.17, 15) is 0 Å². The molecule has 0 bridgehead atoms. The molecule has 1 aliphatic rings. The molecule has 0 spiro atoms. The summed E-state index contributed by atoms with van der Waals surface area (Å²) in [6.45, 7) is 1.10. The first kappa shape index (κ1) is 13.9. The van der Waals surface area contributed by atoms with Gasteiger partial charge >= 0.3 is 0 Å². The number of thioether (sulfide) groups is 1. The SMILES string of the molecule is CSC1CCn2c(CCc3ccccc3)nc3cccc1c32. The number of aromatic nitrogens is 2. The number of nitrogens with zero attached hydrogens (tertiary/aromatic N) is 2. The minimum absolute atomic E-state index is 0.620. The van der Waals surface area contributed by atoms with Gasteiger partial charge in [-0.1, -0.05) is 42.5 Å². The monoisotopic (exact) mass is 308 g/mol. The third-order valence-corrected chi connectivity index (χ3v) is 5.66. The van der Waals surface area contributed by atoms with Crippen molar-refractivity contribution in [2.45, 2.75) is 31.1 Å². The highest BCUT2D eigenvalue weighted by Crippen LogP contribution is 2.39. The van der Waals surface area contributed by atoms with Gasteiger partial charge in [-0.05, 0) is 36.3 Å². The zero-order chi connectivity index (χ0) is 14.9. The predicted octanol–water partition coefficient (Wildman–Crippen LogP) is 4.63. The van der Waals surface area contributed by atoms with Gasteiger partial charge in [0.15, 0.2) is 0 Å². The lowest BCUT2D eigenvalue weighted by Crippen LogP contribution is -2.13. The maximum absolute atomic E-state index is 4.92. The highest BCUT2D eigenvalue weighted by Gasteiger charge is 2.23. The van der Waals surface area contributed by atoms with Crippen LogP contribution in [0.2, 0.25) is 0 Å². The standard InChI is InChI=1S/C19H20N2S/c1-22-17-12-13-21-18(11-10-14-6-3-2-4-7-14)20-16-9-5-8-15(17)19(16)21/h2-9,17H,10-13H2,1H3. The highest BCUT2D eigenvalue weighted by atomic mass is 32.2. The first-order valence-corrected chi connectivity index (χ1v) is 9.20. The fourth-order valence-electron chi connectivity index (χ4n) is 3.50. The number of imidazole rings is 1. The Morgan fingerprint density at radius 3 is 2.77 bits per heavy atom. The molecule has 0 saturated carbocycles. The van der Waals surface area contributed by atoms with Crippen molar-refractivity contribution in [3.05, 3.63) is 65.5 Å². The van der Waals surface area contributed by atoms with E-state index in [-0.39, 0.29) is 0 Å². The van der Waals surface area contributed by atoms with Crippen molar-refractivity contribution < 1.29 is 0 Å². The quantitative estimate of drug-likeness (QED) is 0.699. The van der Waals surface area contributed by atoms with Crippen LogP contribution in [-0.4, -0.2) is 15.8 Å². The molecule has 2 nitrogen and oxygen atoms in total. The van der Waals surface area contributed by atoms with Crippen LogP contribution in [0.3, 0.4) is 0 Å². The van der Waals surface area contributed by atoms with Gasteiger partial charge in [0, 0.05) is 18.2 Å². The first-order chi connectivity index (χ1) is 10.9. The second kappa shape index (κ2) is 5.81. The molecule has 3 aromatic rings. The van der Waals surface area contributed by atoms with E-state index in [0.29, 0.717) is 5.25 Å². The Morgan fingerprint density at radius 2 is 1.95 bits per heavy atom. The van der Waals surface area contributed by atoms with Gasteiger partial charge in [-0.25, -0.2) is 4.98 Å². The van der Waals surface area contributed by atoms with Gasteiger partial charge in [0.1, 0.15) is 5.82 Å². The van der Waals surface area contributed by atoms with Crippen LogP contribution in [0.25, 0.3) is 11.0 Å². The molecule has 0 radical (unpaired) electrons. The Bertz CT molecular complexity index is 792. The van der Waals surface area contributed by atoms with Crippen LogP contribution in [0.15, 0.2) is 48.5 Å². The molecule has 1 unspecified atom stereocenters. The molecule has 0 aliphatic carbocycles. The van der Waals surface area contributed by atoms with E-state index in [1.54, 1.807) is 0 Å². The topological polar surface area (TPSA) is 17.8 Å². The number of hydrogen-bond acceptors (Lipinski definition) is 2. The van der Waals surface area contributed by atoms with E-state index >= 15 is 0 Å². The molecule has 2 aromatic carbocycles. The van der Waals surface area contributed by atoms with Crippen molar-refractivity contribution >= 4 is 22.8 Å². The van der Waals surface area contributed by atoms with Gasteiger partial charge in [0.05, 0.1) is 11.0 Å². The largest absolute Gasteiger partial charge is 0.328 e. The van der Waals surface area contributed by atoms with E-state index < -0.39 is 0 Å². The van der Waals surface area contributed by atoms with Crippen LogP contribution < -0.4 is 0 Å². The van der Waals surface area contributed by atoms with E-state index in [1.165, 1.54) is 34.4 Å². The fraction of sp³-hybridized carbons (Fsp3) is 0.316. The lowest BCUT2D eigenvalue weighted by molar-refractivity contribution is 0.594. The minimum Gasteiger partial charge on any atom is -0.328 e. The normalized spacial score (nSPS) is 17.0. The average molecular weight is 308 g/mol. The molecule has 0 saturated heterocycles. The van der Waals surface area contributed by atoms with Gasteiger partial charge < -0.3 is 4.57 Å². The first-order valence-electron chi connectivity index (χ1n) is 7.91. The molecule has 22 heavy (non-hydrogen) atoms. The molecule has 3 heteroatoms.